The van der Waals surface area contributed by atoms with Crippen LogP contribution in [-0.4, -0.2) is 72.0 Å². The number of halogens is 5. The monoisotopic (exact) mass is 612 g/mol. The molecule has 5 rings (SSSR count). The molecular weight excluding hydrogens is 575 g/mol. The molecule has 43 heavy (non-hydrogen) atoms. The summed E-state index contributed by atoms with van der Waals surface area (Å²) in [6.45, 7) is -1.06. The number of nitrogens with zero attached hydrogens (tertiary/aromatic N) is 2. The van der Waals surface area contributed by atoms with Crippen molar-refractivity contribution in [2.24, 2.45) is 0 Å². The highest BCUT2D eigenvalue weighted by molar-refractivity contribution is 5.68. The SMILES string of the molecule is COc1ccc(C2CCN(CC(F)(F)C(F)(F)F)CC2)c(O[C@H]2CC[C@H](Oc3cc4c(cn3)CCC4CC(=O)O)CC2)c1. The van der Waals surface area contributed by atoms with Crippen molar-refractivity contribution in [3.63, 3.8) is 0 Å². The number of carbonyl (C=O) groups is 1. The van der Waals surface area contributed by atoms with E-state index in [0.29, 0.717) is 30.2 Å². The van der Waals surface area contributed by atoms with E-state index in [1.807, 2.05) is 24.3 Å². The van der Waals surface area contributed by atoms with Gasteiger partial charge in [0.1, 0.15) is 17.6 Å². The Balaban J connectivity index is 1.17. The lowest BCUT2D eigenvalue weighted by atomic mass is 9.88. The number of ether oxygens (including phenoxy) is 3. The molecule has 3 aliphatic rings. The van der Waals surface area contributed by atoms with Crippen molar-refractivity contribution in [1.82, 2.24) is 9.88 Å². The van der Waals surface area contributed by atoms with Gasteiger partial charge in [-0.25, -0.2) is 4.98 Å². The van der Waals surface area contributed by atoms with Gasteiger partial charge in [0, 0.05) is 18.3 Å². The number of hydrogen-bond acceptors (Lipinski definition) is 6. The molecule has 0 spiro atoms. The van der Waals surface area contributed by atoms with E-state index in [1.165, 1.54) is 4.90 Å². The maximum absolute atomic E-state index is 13.6. The summed E-state index contributed by atoms with van der Waals surface area (Å²) in [6.07, 6.45) is 1.66. The fourth-order valence-corrected chi connectivity index (χ4v) is 6.51. The van der Waals surface area contributed by atoms with Crippen molar-refractivity contribution in [3.8, 4) is 17.4 Å². The standard InChI is InChI=1S/C31H37F5N2O5/c1-41-24-8-9-25(19-10-12-38(13-11-19)18-30(32,33)31(34,35)36)27(15-24)42-22-4-6-23(7-5-22)43-28-16-26-20(14-29(39)40)2-3-21(26)17-37-28/h8-9,15-17,19-20,22-23H,2-7,10-14,18H2,1H3,(H,39,40)/t20?,22-,23-. The molecule has 1 aromatic heterocycles. The first-order chi connectivity index (χ1) is 20.4. The van der Waals surface area contributed by atoms with Crippen molar-refractivity contribution in [3.05, 3.63) is 47.2 Å². The number of aromatic nitrogens is 1. The van der Waals surface area contributed by atoms with Gasteiger partial charge in [0.15, 0.2) is 0 Å². The Hall–Kier alpha value is -3.15. The zero-order chi connectivity index (χ0) is 30.8. The molecule has 2 heterocycles. The lowest BCUT2D eigenvalue weighted by molar-refractivity contribution is -0.287. The topological polar surface area (TPSA) is 81.1 Å². The summed E-state index contributed by atoms with van der Waals surface area (Å²) in [5.74, 6) is -3.84. The van der Waals surface area contributed by atoms with Crippen LogP contribution in [0.25, 0.3) is 0 Å². The molecular formula is C31H37F5N2O5. The molecule has 1 saturated carbocycles. The van der Waals surface area contributed by atoms with Crippen molar-refractivity contribution >= 4 is 5.97 Å². The van der Waals surface area contributed by atoms with Crippen LogP contribution in [0.4, 0.5) is 22.0 Å². The Morgan fingerprint density at radius 3 is 2.26 bits per heavy atom. The van der Waals surface area contributed by atoms with Gasteiger partial charge in [-0.3, -0.25) is 9.69 Å². The molecule has 2 aliphatic carbocycles. The van der Waals surface area contributed by atoms with Gasteiger partial charge in [-0.15, -0.1) is 0 Å². The number of carboxylic acid groups (broad SMARTS) is 1. The van der Waals surface area contributed by atoms with Crippen LogP contribution in [0.2, 0.25) is 0 Å². The van der Waals surface area contributed by atoms with Crippen molar-refractivity contribution in [1.29, 1.82) is 0 Å². The van der Waals surface area contributed by atoms with Crippen LogP contribution in [0, 0.1) is 0 Å². The Morgan fingerprint density at radius 2 is 1.63 bits per heavy atom. The first-order valence-electron chi connectivity index (χ1n) is 14.8. The Morgan fingerprint density at radius 1 is 0.953 bits per heavy atom. The van der Waals surface area contributed by atoms with E-state index in [9.17, 15) is 31.9 Å². The van der Waals surface area contributed by atoms with Gasteiger partial charge in [0.25, 0.3) is 0 Å². The minimum atomic E-state index is -5.56. The van der Waals surface area contributed by atoms with Crippen molar-refractivity contribution in [2.75, 3.05) is 26.7 Å². The molecule has 2 fully saturated rings. The van der Waals surface area contributed by atoms with Gasteiger partial charge in [-0.2, -0.15) is 22.0 Å². The lowest BCUT2D eigenvalue weighted by Crippen LogP contribution is -2.48. The molecule has 1 aliphatic heterocycles. The average Bonchev–Trinajstić information content (AvgIpc) is 3.35. The molecule has 1 unspecified atom stereocenters. The zero-order valence-electron chi connectivity index (χ0n) is 24.0. The molecule has 0 amide bonds. The number of hydrogen-bond donors (Lipinski definition) is 1. The maximum atomic E-state index is 13.6. The second-order valence-electron chi connectivity index (χ2n) is 11.8. The Bertz CT molecular complexity index is 1270. The predicted molar refractivity (Wildman–Crippen MR) is 147 cm³/mol. The highest BCUT2D eigenvalue weighted by Gasteiger charge is 2.58. The number of aliphatic carboxylic acids is 1. The number of piperidine rings is 1. The smallest absolute Gasteiger partial charge is 0.454 e. The highest BCUT2D eigenvalue weighted by Crippen LogP contribution is 2.41. The molecule has 7 nitrogen and oxygen atoms in total. The molecule has 1 aromatic carbocycles. The van der Waals surface area contributed by atoms with Crippen molar-refractivity contribution in [2.45, 2.75) is 93.9 Å². The number of methoxy groups -OCH3 is 1. The van der Waals surface area contributed by atoms with Gasteiger partial charge in [-0.1, -0.05) is 6.07 Å². The van der Waals surface area contributed by atoms with E-state index < -0.39 is 24.6 Å². The van der Waals surface area contributed by atoms with Crippen LogP contribution in [0.15, 0.2) is 30.5 Å². The molecule has 1 atom stereocenters. The zero-order valence-corrected chi connectivity index (χ0v) is 24.0. The second kappa shape index (κ2) is 12.8. The maximum Gasteiger partial charge on any atom is 0.454 e. The first-order valence-corrected chi connectivity index (χ1v) is 14.8. The van der Waals surface area contributed by atoms with Gasteiger partial charge >= 0.3 is 18.1 Å². The van der Waals surface area contributed by atoms with E-state index >= 15 is 0 Å². The first kappa shape index (κ1) is 31.3. The summed E-state index contributed by atoms with van der Waals surface area (Å²) in [6, 6.07) is 7.40. The third-order valence-corrected chi connectivity index (χ3v) is 8.91. The normalized spacial score (nSPS) is 23.5. The summed E-state index contributed by atoms with van der Waals surface area (Å²) in [5, 5.41) is 9.23. The number of rotatable bonds is 10. The lowest BCUT2D eigenvalue weighted by Gasteiger charge is -2.35. The number of pyridine rings is 1. The van der Waals surface area contributed by atoms with Gasteiger partial charge < -0.3 is 19.3 Å². The molecule has 0 radical (unpaired) electrons. The summed E-state index contributed by atoms with van der Waals surface area (Å²) < 4.78 is 83.2. The summed E-state index contributed by atoms with van der Waals surface area (Å²) in [4.78, 5) is 16.9. The molecule has 0 bridgehead atoms. The minimum Gasteiger partial charge on any atom is -0.497 e. The molecule has 236 valence electrons. The largest absolute Gasteiger partial charge is 0.497 e. The van der Waals surface area contributed by atoms with Gasteiger partial charge in [0.05, 0.1) is 26.2 Å². The fourth-order valence-electron chi connectivity index (χ4n) is 6.51. The van der Waals surface area contributed by atoms with Crippen LogP contribution in [0.1, 0.15) is 79.9 Å². The number of carboxylic acids is 1. The third kappa shape index (κ3) is 7.50. The van der Waals surface area contributed by atoms with E-state index in [4.69, 9.17) is 14.2 Å². The Labute approximate surface area is 247 Å². The minimum absolute atomic E-state index is 0.0212. The number of fused-ring (bicyclic) bond motifs is 1. The van der Waals surface area contributed by atoms with Crippen LogP contribution in [-0.2, 0) is 11.2 Å². The second-order valence-corrected chi connectivity index (χ2v) is 11.8. The van der Waals surface area contributed by atoms with E-state index in [-0.39, 0.29) is 43.6 Å². The van der Waals surface area contributed by atoms with Gasteiger partial charge in [0.2, 0.25) is 5.88 Å². The van der Waals surface area contributed by atoms with E-state index in [1.54, 1.807) is 13.3 Å². The third-order valence-electron chi connectivity index (χ3n) is 8.91. The van der Waals surface area contributed by atoms with E-state index in [2.05, 4.69) is 4.98 Å². The summed E-state index contributed by atoms with van der Waals surface area (Å²) in [5.41, 5.74) is 2.99. The number of benzene rings is 1. The van der Waals surface area contributed by atoms with E-state index in [0.717, 1.165) is 55.2 Å². The number of aryl methyl sites for hydroxylation is 1. The van der Waals surface area contributed by atoms with Gasteiger partial charge in [-0.05, 0) is 99.0 Å². The predicted octanol–water partition coefficient (Wildman–Crippen LogP) is 6.74. The quantitative estimate of drug-likeness (QED) is 0.298. The number of likely N-dealkylation sites (tertiary alicyclic amines) is 1. The van der Waals surface area contributed by atoms with Crippen LogP contribution < -0.4 is 14.2 Å². The van der Waals surface area contributed by atoms with Crippen LogP contribution in [0.5, 0.6) is 17.4 Å². The van der Waals surface area contributed by atoms with Crippen LogP contribution >= 0.6 is 0 Å². The van der Waals surface area contributed by atoms with Crippen LogP contribution in [0.3, 0.4) is 0 Å². The summed E-state index contributed by atoms with van der Waals surface area (Å²) in [7, 11) is 1.55. The highest BCUT2D eigenvalue weighted by atomic mass is 19.4. The van der Waals surface area contributed by atoms with Crippen molar-refractivity contribution < 1.29 is 46.1 Å². The molecule has 1 saturated heterocycles. The molecule has 1 N–H and O–H groups in total. The summed E-state index contributed by atoms with van der Waals surface area (Å²) >= 11 is 0. The number of alkyl halides is 5. The molecule has 2 aromatic rings. The molecule has 12 heteroatoms. The Kier molecular flexibility index (Phi) is 9.34. The fraction of sp³-hybridized carbons (Fsp3) is 0.613. The average molecular weight is 613 g/mol.